The van der Waals surface area contributed by atoms with Gasteiger partial charge >= 0.3 is 5.97 Å². The Morgan fingerprint density at radius 2 is 2.00 bits per heavy atom. The first-order valence-electron chi connectivity index (χ1n) is 6.05. The molecule has 0 radical (unpaired) electrons. The van der Waals surface area contributed by atoms with Crippen LogP contribution < -0.4 is 0 Å². The highest BCUT2D eigenvalue weighted by Gasteiger charge is 2.21. The minimum absolute atomic E-state index is 0.0787. The van der Waals surface area contributed by atoms with Gasteiger partial charge in [0.05, 0.1) is 5.92 Å². The Morgan fingerprint density at radius 3 is 2.53 bits per heavy atom. The molecule has 1 unspecified atom stereocenters. The molecule has 1 fully saturated rings. The third kappa shape index (κ3) is 4.98. The second-order valence-corrected chi connectivity index (χ2v) is 6.00. The van der Waals surface area contributed by atoms with Crippen LogP contribution in [-0.2, 0) is 9.59 Å². The molecule has 1 atom stereocenters. The smallest absolute Gasteiger partial charge is 0.308 e. The molecular weight excluding hydrogens is 238 g/mol. The first kappa shape index (κ1) is 14.4. The molecule has 1 rings (SSSR count). The quantitative estimate of drug-likeness (QED) is 0.816. The number of aliphatic carboxylic acids is 1. The average molecular weight is 259 g/mol. The summed E-state index contributed by atoms with van der Waals surface area (Å²) in [6.07, 6.45) is 2.79. The van der Waals surface area contributed by atoms with Crippen LogP contribution in [-0.4, -0.2) is 47.0 Å². The number of carboxylic acids is 1. The molecule has 1 aliphatic rings. The fourth-order valence-corrected chi connectivity index (χ4v) is 3.15. The van der Waals surface area contributed by atoms with Gasteiger partial charge in [0, 0.05) is 20.0 Å². The second kappa shape index (κ2) is 6.89. The van der Waals surface area contributed by atoms with Crippen molar-refractivity contribution in [1.82, 2.24) is 4.90 Å². The number of carboxylic acid groups (broad SMARTS) is 1. The molecule has 0 aromatic heterocycles. The molecule has 0 bridgehead atoms. The molecule has 1 amide bonds. The van der Waals surface area contributed by atoms with E-state index in [1.807, 2.05) is 11.8 Å². The van der Waals surface area contributed by atoms with Gasteiger partial charge in [-0.3, -0.25) is 9.59 Å². The van der Waals surface area contributed by atoms with Crippen LogP contribution in [0.15, 0.2) is 0 Å². The summed E-state index contributed by atoms with van der Waals surface area (Å²) < 4.78 is 0. The van der Waals surface area contributed by atoms with E-state index in [-0.39, 0.29) is 5.91 Å². The number of hydrogen-bond acceptors (Lipinski definition) is 3. The van der Waals surface area contributed by atoms with Crippen molar-refractivity contribution in [3.63, 3.8) is 0 Å². The van der Waals surface area contributed by atoms with Crippen molar-refractivity contribution >= 4 is 23.6 Å². The van der Waals surface area contributed by atoms with E-state index in [0.29, 0.717) is 18.9 Å². The average Bonchev–Trinajstić information content (AvgIpc) is 2.29. The third-order valence-corrected chi connectivity index (χ3v) is 4.25. The number of carbonyl (C=O) groups excluding carboxylic acids is 1. The van der Waals surface area contributed by atoms with Crippen molar-refractivity contribution in [1.29, 1.82) is 0 Å². The normalized spacial score (nSPS) is 18.7. The monoisotopic (exact) mass is 259 g/mol. The number of nitrogens with zero attached hydrogens (tertiary/aromatic N) is 1. The van der Waals surface area contributed by atoms with Gasteiger partial charge in [-0.05, 0) is 30.3 Å². The van der Waals surface area contributed by atoms with E-state index in [1.165, 1.54) is 0 Å². The predicted octanol–water partition coefficient (Wildman–Crippen LogP) is 1.70. The lowest BCUT2D eigenvalue weighted by Crippen LogP contribution is -2.35. The lowest BCUT2D eigenvalue weighted by atomic mass is 9.98. The summed E-state index contributed by atoms with van der Waals surface area (Å²) in [5, 5.41) is 8.79. The van der Waals surface area contributed by atoms with Crippen molar-refractivity contribution < 1.29 is 14.7 Å². The van der Waals surface area contributed by atoms with Gasteiger partial charge in [-0.15, -0.1) is 0 Å². The Morgan fingerprint density at radius 1 is 1.41 bits per heavy atom. The topological polar surface area (TPSA) is 57.6 Å². The zero-order valence-corrected chi connectivity index (χ0v) is 11.3. The predicted molar refractivity (Wildman–Crippen MR) is 69.1 cm³/mol. The molecule has 4 nitrogen and oxygen atoms in total. The highest BCUT2D eigenvalue weighted by molar-refractivity contribution is 7.99. The van der Waals surface area contributed by atoms with Crippen LogP contribution in [0.1, 0.15) is 26.2 Å². The number of amides is 1. The maximum atomic E-state index is 11.9. The molecule has 5 heteroatoms. The molecule has 1 heterocycles. The largest absolute Gasteiger partial charge is 0.481 e. The SMILES string of the molecule is CC(CN(C)C(=O)CC1CCSCC1)C(=O)O. The van der Waals surface area contributed by atoms with Crippen molar-refractivity contribution in [3.8, 4) is 0 Å². The van der Waals surface area contributed by atoms with Gasteiger partial charge in [0.25, 0.3) is 0 Å². The molecule has 0 spiro atoms. The van der Waals surface area contributed by atoms with E-state index >= 15 is 0 Å². The van der Waals surface area contributed by atoms with Crippen molar-refractivity contribution in [2.45, 2.75) is 26.2 Å². The zero-order chi connectivity index (χ0) is 12.8. The lowest BCUT2D eigenvalue weighted by Gasteiger charge is -2.25. The molecule has 1 N–H and O–H groups in total. The molecule has 17 heavy (non-hydrogen) atoms. The molecule has 0 aromatic carbocycles. The summed E-state index contributed by atoms with van der Waals surface area (Å²) in [4.78, 5) is 24.2. The Kier molecular flexibility index (Phi) is 5.82. The fraction of sp³-hybridized carbons (Fsp3) is 0.833. The van der Waals surface area contributed by atoms with E-state index in [9.17, 15) is 9.59 Å². The van der Waals surface area contributed by atoms with Crippen LogP contribution in [0.5, 0.6) is 0 Å². The molecule has 0 aromatic rings. The molecule has 0 aliphatic carbocycles. The summed E-state index contributed by atoms with van der Waals surface area (Å²) in [7, 11) is 1.69. The van der Waals surface area contributed by atoms with E-state index in [1.54, 1.807) is 18.9 Å². The first-order valence-corrected chi connectivity index (χ1v) is 7.20. The zero-order valence-electron chi connectivity index (χ0n) is 10.5. The number of hydrogen-bond donors (Lipinski definition) is 1. The van der Waals surface area contributed by atoms with E-state index < -0.39 is 11.9 Å². The standard InChI is InChI=1S/C12H21NO3S/c1-9(12(15)16)8-13(2)11(14)7-10-3-5-17-6-4-10/h9-10H,3-8H2,1-2H3,(H,15,16). The van der Waals surface area contributed by atoms with Crippen LogP contribution in [0.3, 0.4) is 0 Å². The molecule has 1 saturated heterocycles. The van der Waals surface area contributed by atoms with Gasteiger partial charge in [0.1, 0.15) is 0 Å². The summed E-state index contributed by atoms with van der Waals surface area (Å²) in [6, 6.07) is 0. The molecule has 98 valence electrons. The number of carbonyl (C=O) groups is 2. The van der Waals surface area contributed by atoms with E-state index in [4.69, 9.17) is 5.11 Å². The second-order valence-electron chi connectivity index (χ2n) is 4.77. The van der Waals surface area contributed by atoms with E-state index in [2.05, 4.69) is 0 Å². The van der Waals surface area contributed by atoms with Crippen LogP contribution in [0.25, 0.3) is 0 Å². The maximum absolute atomic E-state index is 11.9. The van der Waals surface area contributed by atoms with Crippen LogP contribution >= 0.6 is 11.8 Å². The molecule has 1 aliphatic heterocycles. The lowest BCUT2D eigenvalue weighted by molar-refractivity contribution is -0.142. The van der Waals surface area contributed by atoms with Crippen LogP contribution in [0, 0.1) is 11.8 Å². The maximum Gasteiger partial charge on any atom is 0.308 e. The van der Waals surface area contributed by atoms with Gasteiger partial charge < -0.3 is 10.0 Å². The summed E-state index contributed by atoms with van der Waals surface area (Å²) in [6.45, 7) is 1.93. The Hall–Kier alpha value is -0.710. The number of rotatable bonds is 5. The Labute approximate surface area is 107 Å². The van der Waals surface area contributed by atoms with Gasteiger partial charge in [-0.2, -0.15) is 11.8 Å². The third-order valence-electron chi connectivity index (χ3n) is 3.20. The molecule has 0 saturated carbocycles. The minimum Gasteiger partial charge on any atom is -0.481 e. The van der Waals surface area contributed by atoms with Crippen molar-refractivity contribution in [3.05, 3.63) is 0 Å². The Balaban J connectivity index is 2.33. The summed E-state index contributed by atoms with van der Waals surface area (Å²) >= 11 is 1.95. The highest BCUT2D eigenvalue weighted by Crippen LogP contribution is 2.25. The summed E-state index contributed by atoms with van der Waals surface area (Å²) in [5.41, 5.74) is 0. The molecular formula is C12H21NO3S. The fourth-order valence-electron chi connectivity index (χ4n) is 1.94. The highest BCUT2D eigenvalue weighted by atomic mass is 32.2. The van der Waals surface area contributed by atoms with E-state index in [0.717, 1.165) is 24.3 Å². The number of thioether (sulfide) groups is 1. The van der Waals surface area contributed by atoms with Crippen molar-refractivity contribution in [2.75, 3.05) is 25.1 Å². The Bertz CT molecular complexity index is 277. The van der Waals surface area contributed by atoms with Gasteiger partial charge in [-0.25, -0.2) is 0 Å². The van der Waals surface area contributed by atoms with Gasteiger partial charge in [0.15, 0.2) is 0 Å². The summed E-state index contributed by atoms with van der Waals surface area (Å²) in [5.74, 6) is 1.52. The van der Waals surface area contributed by atoms with Gasteiger partial charge in [-0.1, -0.05) is 6.92 Å². The first-order chi connectivity index (χ1) is 8.00. The minimum atomic E-state index is -0.848. The van der Waals surface area contributed by atoms with Crippen molar-refractivity contribution in [2.24, 2.45) is 11.8 Å². The van der Waals surface area contributed by atoms with Crippen LogP contribution in [0.4, 0.5) is 0 Å². The van der Waals surface area contributed by atoms with Gasteiger partial charge in [0.2, 0.25) is 5.91 Å². The van der Waals surface area contributed by atoms with Crippen LogP contribution in [0.2, 0.25) is 0 Å².